The Balaban J connectivity index is 2.36. The normalized spacial score (nSPS) is 11.4. The number of anilines is 1. The van der Waals surface area contributed by atoms with E-state index in [1.165, 1.54) is 0 Å². The van der Waals surface area contributed by atoms with Gasteiger partial charge in [0.1, 0.15) is 5.75 Å². The molecule has 2 N–H and O–H groups in total. The van der Waals surface area contributed by atoms with Crippen LogP contribution in [0.5, 0.6) is 5.75 Å². The molecule has 1 heterocycles. The monoisotopic (exact) mass is 288 g/mol. The van der Waals surface area contributed by atoms with Crippen LogP contribution in [0.3, 0.4) is 0 Å². The second kappa shape index (κ2) is 5.55. The van der Waals surface area contributed by atoms with Crippen LogP contribution in [-0.2, 0) is 12.0 Å². The maximum atomic E-state index is 11.0. The average Bonchev–Trinajstić information content (AvgIpc) is 2.76. The Morgan fingerprint density at radius 1 is 1.29 bits per heavy atom. The van der Waals surface area contributed by atoms with E-state index >= 15 is 0 Å². The van der Waals surface area contributed by atoms with Crippen molar-refractivity contribution in [3.8, 4) is 5.75 Å². The van der Waals surface area contributed by atoms with Crippen LogP contribution in [0.4, 0.5) is 11.5 Å². The minimum absolute atomic E-state index is 0.232. The summed E-state index contributed by atoms with van der Waals surface area (Å²) in [5.74, 6) is 1.09. The summed E-state index contributed by atoms with van der Waals surface area (Å²) in [5, 5.41) is 7.50. The first-order valence-corrected chi connectivity index (χ1v) is 6.70. The molecule has 0 bridgehead atoms. The standard InChI is InChI=1S/C15H20N4O2/c1-15(2,3)13-12(18-20)14(16)19(17-13)9-10-5-7-11(21-4)8-6-10/h5-8H,9,16H2,1-4H3. The van der Waals surface area contributed by atoms with E-state index < -0.39 is 0 Å². The molecule has 112 valence electrons. The lowest BCUT2D eigenvalue weighted by Gasteiger charge is -2.14. The summed E-state index contributed by atoms with van der Waals surface area (Å²) in [6.45, 7) is 6.40. The number of ether oxygens (including phenoxy) is 1. The number of hydrogen-bond donors (Lipinski definition) is 1. The molecular weight excluding hydrogens is 268 g/mol. The first-order chi connectivity index (χ1) is 9.86. The summed E-state index contributed by atoms with van der Waals surface area (Å²) in [6.07, 6.45) is 0. The highest BCUT2D eigenvalue weighted by molar-refractivity contribution is 5.63. The highest BCUT2D eigenvalue weighted by Crippen LogP contribution is 2.35. The van der Waals surface area contributed by atoms with E-state index in [1.54, 1.807) is 11.8 Å². The Kier molecular flexibility index (Phi) is 3.97. The van der Waals surface area contributed by atoms with Gasteiger partial charge in [0.2, 0.25) is 0 Å². The molecule has 0 atom stereocenters. The molecule has 0 unspecified atom stereocenters. The topological polar surface area (TPSA) is 82.5 Å². The zero-order valence-electron chi connectivity index (χ0n) is 12.8. The summed E-state index contributed by atoms with van der Waals surface area (Å²) >= 11 is 0. The maximum Gasteiger partial charge on any atom is 0.173 e. The van der Waals surface area contributed by atoms with Crippen molar-refractivity contribution in [3.05, 3.63) is 40.4 Å². The van der Waals surface area contributed by atoms with Crippen molar-refractivity contribution < 1.29 is 4.74 Å². The fraction of sp³-hybridized carbons (Fsp3) is 0.400. The van der Waals surface area contributed by atoms with Crippen LogP contribution in [0, 0.1) is 4.91 Å². The van der Waals surface area contributed by atoms with Gasteiger partial charge in [-0.2, -0.15) is 5.10 Å². The molecule has 0 saturated carbocycles. The molecule has 0 spiro atoms. The average molecular weight is 288 g/mol. The predicted octanol–water partition coefficient (Wildman–Crippen LogP) is 3.22. The Hall–Kier alpha value is -2.37. The summed E-state index contributed by atoms with van der Waals surface area (Å²) in [6, 6.07) is 7.62. The van der Waals surface area contributed by atoms with Crippen molar-refractivity contribution in [3.63, 3.8) is 0 Å². The first-order valence-electron chi connectivity index (χ1n) is 6.70. The van der Waals surface area contributed by atoms with E-state index in [4.69, 9.17) is 10.5 Å². The molecule has 2 rings (SSSR count). The van der Waals surface area contributed by atoms with Crippen LogP contribution >= 0.6 is 0 Å². The summed E-state index contributed by atoms with van der Waals surface area (Å²) in [4.78, 5) is 11.0. The van der Waals surface area contributed by atoms with E-state index in [-0.39, 0.29) is 11.1 Å². The van der Waals surface area contributed by atoms with Gasteiger partial charge in [-0.25, -0.2) is 4.68 Å². The van der Waals surface area contributed by atoms with Gasteiger partial charge < -0.3 is 10.5 Å². The Labute approximate surface area is 123 Å². The van der Waals surface area contributed by atoms with Crippen LogP contribution in [-0.4, -0.2) is 16.9 Å². The molecule has 0 amide bonds. The van der Waals surface area contributed by atoms with Gasteiger partial charge in [-0.1, -0.05) is 32.9 Å². The van der Waals surface area contributed by atoms with Crippen molar-refractivity contribution in [1.29, 1.82) is 0 Å². The smallest absolute Gasteiger partial charge is 0.173 e. The predicted molar refractivity (Wildman–Crippen MR) is 82.9 cm³/mol. The van der Waals surface area contributed by atoms with E-state index in [1.807, 2.05) is 45.0 Å². The molecule has 0 saturated heterocycles. The van der Waals surface area contributed by atoms with Crippen LogP contribution in [0.2, 0.25) is 0 Å². The molecule has 1 aromatic heterocycles. The van der Waals surface area contributed by atoms with E-state index in [0.29, 0.717) is 18.1 Å². The fourth-order valence-corrected chi connectivity index (χ4v) is 2.09. The van der Waals surface area contributed by atoms with E-state index in [2.05, 4.69) is 10.3 Å². The van der Waals surface area contributed by atoms with Crippen molar-refractivity contribution in [2.45, 2.75) is 32.7 Å². The van der Waals surface area contributed by atoms with Crippen molar-refractivity contribution in [2.24, 2.45) is 5.18 Å². The highest BCUT2D eigenvalue weighted by atomic mass is 16.5. The second-order valence-corrected chi connectivity index (χ2v) is 5.93. The molecule has 1 aromatic carbocycles. The van der Waals surface area contributed by atoms with Gasteiger partial charge in [0.25, 0.3) is 0 Å². The quantitative estimate of drug-likeness (QED) is 0.876. The summed E-state index contributed by atoms with van der Waals surface area (Å²) < 4.78 is 6.74. The summed E-state index contributed by atoms with van der Waals surface area (Å²) in [5.41, 5.74) is 7.57. The molecule has 0 radical (unpaired) electrons. The molecule has 21 heavy (non-hydrogen) atoms. The van der Waals surface area contributed by atoms with Gasteiger partial charge in [-0.15, -0.1) is 4.91 Å². The lowest BCUT2D eigenvalue weighted by Crippen LogP contribution is -2.13. The molecule has 0 aliphatic heterocycles. The number of aromatic nitrogens is 2. The molecule has 0 fully saturated rings. The van der Waals surface area contributed by atoms with Gasteiger partial charge in [0.15, 0.2) is 11.5 Å². The largest absolute Gasteiger partial charge is 0.497 e. The maximum absolute atomic E-state index is 11.0. The lowest BCUT2D eigenvalue weighted by atomic mass is 9.91. The van der Waals surface area contributed by atoms with E-state index in [0.717, 1.165) is 11.3 Å². The van der Waals surface area contributed by atoms with Gasteiger partial charge in [-0.05, 0) is 22.9 Å². The molecule has 6 heteroatoms. The van der Waals surface area contributed by atoms with Gasteiger partial charge in [-0.3, -0.25) is 0 Å². The van der Waals surface area contributed by atoms with Crippen molar-refractivity contribution in [2.75, 3.05) is 12.8 Å². The minimum Gasteiger partial charge on any atom is -0.497 e. The fourth-order valence-electron chi connectivity index (χ4n) is 2.09. The van der Waals surface area contributed by atoms with Gasteiger partial charge in [0, 0.05) is 5.41 Å². The molecule has 0 aliphatic carbocycles. The van der Waals surface area contributed by atoms with Crippen LogP contribution in [0.25, 0.3) is 0 Å². The first kappa shape index (κ1) is 15.0. The third kappa shape index (κ3) is 3.04. The Morgan fingerprint density at radius 3 is 2.33 bits per heavy atom. The minimum atomic E-state index is -0.289. The highest BCUT2D eigenvalue weighted by Gasteiger charge is 2.26. The number of benzene rings is 1. The molecule has 6 nitrogen and oxygen atoms in total. The zero-order chi connectivity index (χ0) is 15.6. The number of nitrogens with two attached hydrogens (primary N) is 1. The number of methoxy groups -OCH3 is 1. The Bertz CT molecular complexity index is 639. The van der Waals surface area contributed by atoms with E-state index in [9.17, 15) is 4.91 Å². The molecule has 0 aliphatic rings. The van der Waals surface area contributed by atoms with Crippen LogP contribution < -0.4 is 10.5 Å². The number of hydrogen-bond acceptors (Lipinski definition) is 5. The number of nitroso groups, excluding NO2 is 1. The lowest BCUT2D eigenvalue weighted by molar-refractivity contribution is 0.414. The van der Waals surface area contributed by atoms with Crippen molar-refractivity contribution >= 4 is 11.5 Å². The van der Waals surface area contributed by atoms with Crippen LogP contribution in [0.15, 0.2) is 29.4 Å². The van der Waals surface area contributed by atoms with Gasteiger partial charge >= 0.3 is 0 Å². The Morgan fingerprint density at radius 2 is 1.90 bits per heavy atom. The second-order valence-electron chi connectivity index (χ2n) is 5.93. The third-order valence-corrected chi connectivity index (χ3v) is 3.26. The summed E-state index contributed by atoms with van der Waals surface area (Å²) in [7, 11) is 1.62. The number of nitrogens with zero attached hydrogens (tertiary/aromatic N) is 3. The third-order valence-electron chi connectivity index (χ3n) is 3.26. The number of nitrogen functional groups attached to an aromatic ring is 1. The van der Waals surface area contributed by atoms with Gasteiger partial charge in [0.05, 0.1) is 19.3 Å². The molecule has 2 aromatic rings. The SMILES string of the molecule is COc1ccc(Cn2nc(C(C)(C)C)c(N=O)c2N)cc1. The number of rotatable bonds is 4. The van der Waals surface area contributed by atoms with Crippen LogP contribution in [0.1, 0.15) is 32.0 Å². The molecular formula is C15H20N4O2. The van der Waals surface area contributed by atoms with Crippen molar-refractivity contribution in [1.82, 2.24) is 9.78 Å². The zero-order valence-corrected chi connectivity index (χ0v) is 12.8.